The van der Waals surface area contributed by atoms with Gasteiger partial charge in [-0.3, -0.25) is 4.79 Å². The van der Waals surface area contributed by atoms with E-state index in [9.17, 15) is 4.79 Å². The van der Waals surface area contributed by atoms with Crippen molar-refractivity contribution in [3.05, 3.63) is 29.8 Å². The summed E-state index contributed by atoms with van der Waals surface area (Å²) in [5, 5.41) is 11.5. The van der Waals surface area contributed by atoms with Crippen LogP contribution in [0.2, 0.25) is 0 Å². The van der Waals surface area contributed by atoms with E-state index in [1.807, 2.05) is 6.07 Å². The van der Waals surface area contributed by atoms with Gasteiger partial charge in [0.05, 0.1) is 11.6 Å². The van der Waals surface area contributed by atoms with Crippen molar-refractivity contribution in [3.8, 4) is 6.07 Å². The Bertz CT molecular complexity index is 445. The summed E-state index contributed by atoms with van der Waals surface area (Å²) in [6.07, 6.45) is 0.478. The summed E-state index contributed by atoms with van der Waals surface area (Å²) in [6.45, 7) is 8.06. The van der Waals surface area contributed by atoms with Crippen LogP contribution in [0.5, 0.6) is 0 Å². The van der Waals surface area contributed by atoms with Gasteiger partial charge in [-0.15, -0.1) is 0 Å². The quantitative estimate of drug-likeness (QED) is 0.854. The first kappa shape index (κ1) is 15.2. The molecule has 0 saturated heterocycles. The van der Waals surface area contributed by atoms with Crippen molar-refractivity contribution in [2.45, 2.75) is 33.2 Å². The third kappa shape index (κ3) is 5.11. The first-order valence-corrected chi connectivity index (χ1v) is 6.61. The van der Waals surface area contributed by atoms with Crippen molar-refractivity contribution in [1.29, 1.82) is 5.26 Å². The van der Waals surface area contributed by atoms with Gasteiger partial charge in [-0.1, -0.05) is 6.92 Å². The lowest BCUT2D eigenvalue weighted by Gasteiger charge is -2.24. The predicted octanol–water partition coefficient (Wildman–Crippen LogP) is 2.62. The van der Waals surface area contributed by atoms with Gasteiger partial charge >= 0.3 is 0 Å². The van der Waals surface area contributed by atoms with Gasteiger partial charge < -0.3 is 10.2 Å². The van der Waals surface area contributed by atoms with Crippen LogP contribution >= 0.6 is 0 Å². The number of nitriles is 1. The highest BCUT2D eigenvalue weighted by atomic mass is 16.1. The Kier molecular flexibility index (Phi) is 6.04. The number of carbonyl (C=O) groups excluding carboxylic acids is 1. The Labute approximate surface area is 115 Å². The highest BCUT2D eigenvalue weighted by Crippen LogP contribution is 2.09. The summed E-state index contributed by atoms with van der Waals surface area (Å²) in [4.78, 5) is 14.1. The van der Waals surface area contributed by atoms with E-state index >= 15 is 0 Å². The van der Waals surface area contributed by atoms with Crippen molar-refractivity contribution >= 4 is 11.6 Å². The number of hydrogen-bond acceptors (Lipinski definition) is 3. The maximum absolute atomic E-state index is 11.8. The number of hydrogen-bond donors (Lipinski definition) is 1. The summed E-state index contributed by atoms with van der Waals surface area (Å²) in [7, 11) is 0. The SMILES string of the molecule is CCN(CCC(=O)Nc1ccc(C#N)cc1)C(C)C. The van der Waals surface area contributed by atoms with Gasteiger partial charge in [0.25, 0.3) is 0 Å². The predicted molar refractivity (Wildman–Crippen MR) is 76.8 cm³/mol. The first-order chi connectivity index (χ1) is 9.06. The second kappa shape index (κ2) is 7.55. The zero-order chi connectivity index (χ0) is 14.3. The molecule has 0 unspecified atom stereocenters. The van der Waals surface area contributed by atoms with E-state index in [1.54, 1.807) is 24.3 Å². The molecule has 1 aromatic carbocycles. The lowest BCUT2D eigenvalue weighted by molar-refractivity contribution is -0.116. The van der Waals surface area contributed by atoms with Crippen LogP contribution in [0.25, 0.3) is 0 Å². The lowest BCUT2D eigenvalue weighted by atomic mass is 10.2. The summed E-state index contributed by atoms with van der Waals surface area (Å²) >= 11 is 0. The molecular formula is C15H21N3O. The van der Waals surface area contributed by atoms with E-state index in [-0.39, 0.29) is 5.91 Å². The van der Waals surface area contributed by atoms with Gasteiger partial charge in [0.1, 0.15) is 0 Å². The van der Waals surface area contributed by atoms with Crippen LogP contribution in [0, 0.1) is 11.3 Å². The zero-order valence-electron chi connectivity index (χ0n) is 11.8. The Morgan fingerprint density at radius 3 is 2.47 bits per heavy atom. The van der Waals surface area contributed by atoms with Crippen molar-refractivity contribution in [3.63, 3.8) is 0 Å². The number of nitrogens with zero attached hydrogens (tertiary/aromatic N) is 2. The van der Waals surface area contributed by atoms with E-state index in [1.165, 1.54) is 0 Å². The van der Waals surface area contributed by atoms with Gasteiger partial charge in [0.2, 0.25) is 5.91 Å². The maximum atomic E-state index is 11.8. The highest BCUT2D eigenvalue weighted by Gasteiger charge is 2.09. The van der Waals surface area contributed by atoms with Gasteiger partial charge in [0.15, 0.2) is 0 Å². The first-order valence-electron chi connectivity index (χ1n) is 6.61. The minimum Gasteiger partial charge on any atom is -0.326 e. The molecule has 0 heterocycles. The largest absolute Gasteiger partial charge is 0.326 e. The number of anilines is 1. The van der Waals surface area contributed by atoms with Crippen molar-refractivity contribution in [1.82, 2.24) is 4.90 Å². The Hall–Kier alpha value is -1.86. The molecule has 4 nitrogen and oxygen atoms in total. The lowest BCUT2D eigenvalue weighted by Crippen LogP contribution is -2.33. The second-order valence-electron chi connectivity index (χ2n) is 4.71. The average molecular weight is 259 g/mol. The summed E-state index contributed by atoms with van der Waals surface area (Å²) in [6, 6.07) is 9.39. The molecule has 0 bridgehead atoms. The van der Waals surface area contributed by atoms with Crippen LogP contribution in [0.15, 0.2) is 24.3 Å². The number of amides is 1. The van der Waals surface area contributed by atoms with E-state index in [0.29, 0.717) is 18.0 Å². The number of rotatable bonds is 6. The Morgan fingerprint density at radius 1 is 1.37 bits per heavy atom. The monoisotopic (exact) mass is 259 g/mol. The molecule has 0 spiro atoms. The van der Waals surface area contributed by atoms with Crippen LogP contribution in [0.3, 0.4) is 0 Å². The summed E-state index contributed by atoms with van der Waals surface area (Å²) in [5.41, 5.74) is 1.33. The van der Waals surface area contributed by atoms with Crippen molar-refractivity contribution in [2.24, 2.45) is 0 Å². The Morgan fingerprint density at radius 2 is 2.00 bits per heavy atom. The fourth-order valence-corrected chi connectivity index (χ4v) is 1.88. The molecule has 4 heteroatoms. The summed E-state index contributed by atoms with van der Waals surface area (Å²) in [5.74, 6) is 0.00353. The van der Waals surface area contributed by atoms with Gasteiger partial charge in [0, 0.05) is 24.7 Å². The van der Waals surface area contributed by atoms with Gasteiger partial charge in [-0.05, 0) is 44.7 Å². The maximum Gasteiger partial charge on any atom is 0.225 e. The molecule has 1 rings (SSSR count). The summed E-state index contributed by atoms with van der Waals surface area (Å²) < 4.78 is 0. The molecular weight excluding hydrogens is 238 g/mol. The molecule has 0 aromatic heterocycles. The van der Waals surface area contributed by atoms with Crippen LogP contribution < -0.4 is 5.32 Å². The van der Waals surface area contributed by atoms with E-state index in [0.717, 1.165) is 18.8 Å². The molecule has 0 aliphatic heterocycles. The minimum absolute atomic E-state index is 0.00353. The third-order valence-electron chi connectivity index (χ3n) is 3.06. The highest BCUT2D eigenvalue weighted by molar-refractivity contribution is 5.90. The van der Waals surface area contributed by atoms with Crippen LogP contribution in [-0.4, -0.2) is 29.9 Å². The fraction of sp³-hybridized carbons (Fsp3) is 0.467. The second-order valence-corrected chi connectivity index (χ2v) is 4.71. The molecule has 0 aliphatic carbocycles. The van der Waals surface area contributed by atoms with E-state index < -0.39 is 0 Å². The zero-order valence-corrected chi connectivity index (χ0v) is 11.8. The molecule has 0 saturated carbocycles. The van der Waals surface area contributed by atoms with E-state index in [2.05, 4.69) is 31.0 Å². The fourth-order valence-electron chi connectivity index (χ4n) is 1.88. The number of benzene rings is 1. The normalized spacial score (nSPS) is 10.5. The van der Waals surface area contributed by atoms with Gasteiger partial charge in [-0.25, -0.2) is 0 Å². The smallest absolute Gasteiger partial charge is 0.225 e. The molecule has 0 radical (unpaired) electrons. The van der Waals surface area contributed by atoms with E-state index in [4.69, 9.17) is 5.26 Å². The molecule has 0 atom stereocenters. The minimum atomic E-state index is 0.00353. The number of carbonyl (C=O) groups is 1. The Balaban J connectivity index is 2.44. The van der Waals surface area contributed by atoms with Crippen LogP contribution in [0.1, 0.15) is 32.8 Å². The molecule has 102 valence electrons. The standard InChI is InChI=1S/C15H21N3O/c1-4-18(12(2)3)10-9-15(19)17-14-7-5-13(11-16)6-8-14/h5-8,12H,4,9-10H2,1-3H3,(H,17,19). The average Bonchev–Trinajstić information content (AvgIpc) is 2.40. The van der Waals surface area contributed by atoms with Crippen LogP contribution in [0.4, 0.5) is 5.69 Å². The number of nitrogens with one attached hydrogen (secondary N) is 1. The third-order valence-corrected chi connectivity index (χ3v) is 3.06. The van der Waals surface area contributed by atoms with Crippen LogP contribution in [-0.2, 0) is 4.79 Å². The molecule has 1 aromatic rings. The van der Waals surface area contributed by atoms with Crippen molar-refractivity contribution in [2.75, 3.05) is 18.4 Å². The molecule has 0 aliphatic rings. The topological polar surface area (TPSA) is 56.1 Å². The van der Waals surface area contributed by atoms with Gasteiger partial charge in [-0.2, -0.15) is 5.26 Å². The molecule has 1 amide bonds. The molecule has 0 fully saturated rings. The molecule has 1 N–H and O–H groups in total. The van der Waals surface area contributed by atoms with Crippen molar-refractivity contribution < 1.29 is 4.79 Å². The molecule has 19 heavy (non-hydrogen) atoms.